The molecule has 2 heterocycles. The van der Waals surface area contributed by atoms with Crippen molar-refractivity contribution in [2.45, 2.75) is 42.9 Å². The van der Waals surface area contributed by atoms with E-state index in [9.17, 15) is 8.78 Å². The lowest BCUT2D eigenvalue weighted by Gasteiger charge is -2.43. The third-order valence-corrected chi connectivity index (χ3v) is 6.51. The first-order chi connectivity index (χ1) is 11.0. The van der Waals surface area contributed by atoms with E-state index >= 15 is 0 Å². The van der Waals surface area contributed by atoms with Crippen molar-refractivity contribution in [2.24, 2.45) is 5.92 Å². The molecule has 2 fully saturated rings. The van der Waals surface area contributed by atoms with Crippen LogP contribution >= 0.6 is 11.8 Å². The molecule has 0 spiro atoms. The molecule has 0 aromatic carbocycles. The molecule has 2 aliphatic carbocycles. The summed E-state index contributed by atoms with van der Waals surface area (Å²) in [7, 11) is 2.08. The Labute approximate surface area is 138 Å². The standard InChI is InChI=1S/C16H20F2N4S/c1-22(15-13-2-3-19-14(13)20-9-21-15)11-4-10(5-11)8-23-12-6-16(17,18)7-12/h2-3,9-12H,4-8H2,1H3,(H,19,20,21)/t10-,11+. The molecule has 4 rings (SSSR count). The Hall–Kier alpha value is -1.37. The molecule has 0 atom stereocenters. The molecule has 23 heavy (non-hydrogen) atoms. The van der Waals surface area contributed by atoms with Gasteiger partial charge in [-0.25, -0.2) is 18.7 Å². The Kier molecular flexibility index (Phi) is 3.70. The summed E-state index contributed by atoms with van der Waals surface area (Å²) in [6, 6.07) is 2.49. The fourth-order valence-electron chi connectivity index (χ4n) is 3.46. The van der Waals surface area contributed by atoms with E-state index in [4.69, 9.17) is 0 Å². The largest absolute Gasteiger partial charge is 0.356 e. The predicted molar refractivity (Wildman–Crippen MR) is 89.2 cm³/mol. The molecule has 2 aromatic rings. The number of alkyl halides is 2. The highest BCUT2D eigenvalue weighted by molar-refractivity contribution is 7.99. The summed E-state index contributed by atoms with van der Waals surface area (Å²) < 4.78 is 25.7. The number of aromatic amines is 1. The van der Waals surface area contributed by atoms with Crippen LogP contribution in [0.15, 0.2) is 18.6 Å². The molecule has 2 aliphatic rings. The average Bonchev–Trinajstić information content (AvgIpc) is 2.91. The Morgan fingerprint density at radius 1 is 1.35 bits per heavy atom. The van der Waals surface area contributed by atoms with E-state index in [0.29, 0.717) is 12.0 Å². The Morgan fingerprint density at radius 2 is 2.13 bits per heavy atom. The van der Waals surface area contributed by atoms with Crippen LogP contribution in [0, 0.1) is 5.92 Å². The van der Waals surface area contributed by atoms with Crippen molar-refractivity contribution in [3.05, 3.63) is 18.6 Å². The molecular formula is C16H20F2N4S. The number of thioether (sulfide) groups is 1. The van der Waals surface area contributed by atoms with Gasteiger partial charge in [0.25, 0.3) is 0 Å². The highest BCUT2D eigenvalue weighted by atomic mass is 32.2. The Balaban J connectivity index is 1.29. The van der Waals surface area contributed by atoms with Crippen LogP contribution in [0.2, 0.25) is 0 Å². The quantitative estimate of drug-likeness (QED) is 0.903. The van der Waals surface area contributed by atoms with Crippen molar-refractivity contribution in [1.82, 2.24) is 15.0 Å². The van der Waals surface area contributed by atoms with E-state index in [1.807, 2.05) is 12.3 Å². The van der Waals surface area contributed by atoms with Gasteiger partial charge in [0.1, 0.15) is 17.8 Å². The average molecular weight is 338 g/mol. The first kappa shape index (κ1) is 15.2. The van der Waals surface area contributed by atoms with Gasteiger partial charge >= 0.3 is 0 Å². The number of rotatable bonds is 5. The number of nitrogens with one attached hydrogen (secondary N) is 1. The van der Waals surface area contributed by atoms with Crippen LogP contribution in [0.5, 0.6) is 0 Å². The first-order valence-corrected chi connectivity index (χ1v) is 9.07. The molecule has 7 heteroatoms. The Bertz CT molecular complexity index is 690. The molecule has 124 valence electrons. The van der Waals surface area contributed by atoms with E-state index in [1.165, 1.54) is 0 Å². The molecule has 2 saturated carbocycles. The smallest absolute Gasteiger partial charge is 0.250 e. The summed E-state index contributed by atoms with van der Waals surface area (Å²) in [5, 5.41) is 1.22. The topological polar surface area (TPSA) is 44.8 Å². The zero-order chi connectivity index (χ0) is 16.0. The summed E-state index contributed by atoms with van der Waals surface area (Å²) in [6.07, 6.45) is 5.84. The van der Waals surface area contributed by atoms with Gasteiger partial charge in [-0.05, 0) is 30.6 Å². The van der Waals surface area contributed by atoms with Crippen LogP contribution in [0.1, 0.15) is 25.7 Å². The summed E-state index contributed by atoms with van der Waals surface area (Å²) in [6.45, 7) is 0. The number of nitrogens with zero attached hydrogens (tertiary/aromatic N) is 3. The van der Waals surface area contributed by atoms with E-state index in [1.54, 1.807) is 18.1 Å². The van der Waals surface area contributed by atoms with E-state index < -0.39 is 5.92 Å². The van der Waals surface area contributed by atoms with Gasteiger partial charge in [-0.2, -0.15) is 11.8 Å². The monoisotopic (exact) mass is 338 g/mol. The molecule has 0 unspecified atom stereocenters. The normalized spacial score (nSPS) is 26.7. The molecule has 0 aliphatic heterocycles. The van der Waals surface area contributed by atoms with Crippen LogP contribution in [-0.4, -0.2) is 45.0 Å². The lowest BCUT2D eigenvalue weighted by atomic mass is 9.81. The zero-order valence-corrected chi connectivity index (χ0v) is 13.8. The SMILES string of the molecule is CN(c1ncnc2[nH]ccc12)[C@H]1C[C@@H](CSC2CC(F)(F)C2)C1. The molecule has 4 nitrogen and oxygen atoms in total. The first-order valence-electron chi connectivity index (χ1n) is 8.02. The molecule has 0 bridgehead atoms. The minimum Gasteiger partial charge on any atom is -0.356 e. The van der Waals surface area contributed by atoms with Gasteiger partial charge in [-0.3, -0.25) is 0 Å². The summed E-state index contributed by atoms with van der Waals surface area (Å²) in [5.41, 5.74) is 0.860. The zero-order valence-electron chi connectivity index (χ0n) is 13.0. The van der Waals surface area contributed by atoms with Crippen molar-refractivity contribution in [2.75, 3.05) is 17.7 Å². The van der Waals surface area contributed by atoms with Crippen molar-refractivity contribution in [3.63, 3.8) is 0 Å². The summed E-state index contributed by atoms with van der Waals surface area (Å²) >= 11 is 1.73. The van der Waals surface area contributed by atoms with Crippen LogP contribution in [0.4, 0.5) is 14.6 Å². The van der Waals surface area contributed by atoms with Crippen LogP contribution in [-0.2, 0) is 0 Å². The maximum atomic E-state index is 12.8. The minimum atomic E-state index is -2.39. The molecule has 2 aromatic heterocycles. The van der Waals surface area contributed by atoms with Crippen LogP contribution in [0.25, 0.3) is 11.0 Å². The lowest BCUT2D eigenvalue weighted by Crippen LogP contribution is -2.44. The number of halogens is 2. The molecule has 0 radical (unpaired) electrons. The molecule has 0 amide bonds. The number of hydrogen-bond acceptors (Lipinski definition) is 4. The molecule has 1 N–H and O–H groups in total. The van der Waals surface area contributed by atoms with E-state index in [2.05, 4.69) is 26.9 Å². The van der Waals surface area contributed by atoms with Gasteiger partial charge in [-0.1, -0.05) is 0 Å². The van der Waals surface area contributed by atoms with Crippen LogP contribution in [0.3, 0.4) is 0 Å². The number of hydrogen-bond donors (Lipinski definition) is 1. The van der Waals surface area contributed by atoms with Gasteiger partial charge in [0, 0.05) is 37.4 Å². The minimum absolute atomic E-state index is 0.0696. The van der Waals surface area contributed by atoms with Gasteiger partial charge < -0.3 is 9.88 Å². The van der Waals surface area contributed by atoms with Crippen molar-refractivity contribution in [1.29, 1.82) is 0 Å². The number of fused-ring (bicyclic) bond motifs is 1. The third-order valence-electron chi connectivity index (χ3n) is 5.05. The fraction of sp³-hybridized carbons (Fsp3) is 0.625. The number of aromatic nitrogens is 3. The van der Waals surface area contributed by atoms with Gasteiger partial charge in [0.15, 0.2) is 0 Å². The van der Waals surface area contributed by atoms with Gasteiger partial charge in [0.05, 0.1) is 5.39 Å². The second kappa shape index (κ2) is 5.61. The molecular weight excluding hydrogens is 318 g/mol. The van der Waals surface area contributed by atoms with E-state index in [-0.39, 0.29) is 18.1 Å². The van der Waals surface area contributed by atoms with Crippen molar-refractivity contribution in [3.8, 4) is 0 Å². The highest BCUT2D eigenvalue weighted by Crippen LogP contribution is 2.46. The fourth-order valence-corrected chi connectivity index (χ4v) is 5.00. The lowest BCUT2D eigenvalue weighted by molar-refractivity contribution is -0.0667. The second-order valence-corrected chi connectivity index (χ2v) is 8.09. The number of H-pyrrole nitrogens is 1. The van der Waals surface area contributed by atoms with Gasteiger partial charge in [0.2, 0.25) is 5.92 Å². The van der Waals surface area contributed by atoms with Crippen LogP contribution < -0.4 is 4.90 Å². The second-order valence-electron chi connectivity index (χ2n) is 6.76. The van der Waals surface area contributed by atoms with Crippen molar-refractivity contribution < 1.29 is 8.78 Å². The van der Waals surface area contributed by atoms with Crippen molar-refractivity contribution >= 4 is 28.6 Å². The summed E-state index contributed by atoms with van der Waals surface area (Å²) in [4.78, 5) is 14.0. The third kappa shape index (κ3) is 2.91. The highest BCUT2D eigenvalue weighted by Gasteiger charge is 2.46. The maximum absolute atomic E-state index is 12.8. The van der Waals surface area contributed by atoms with E-state index in [0.717, 1.165) is 35.4 Å². The maximum Gasteiger partial charge on any atom is 0.250 e. The number of anilines is 1. The summed E-state index contributed by atoms with van der Waals surface area (Å²) in [5.74, 6) is 0.222. The Morgan fingerprint density at radius 3 is 2.87 bits per heavy atom. The predicted octanol–water partition coefficient (Wildman–Crippen LogP) is 3.70. The van der Waals surface area contributed by atoms with Gasteiger partial charge in [-0.15, -0.1) is 0 Å². The molecule has 0 saturated heterocycles.